The number of rotatable bonds is 15. The molecule has 1 aliphatic rings. The first-order valence-corrected chi connectivity index (χ1v) is 14.9. The Kier molecular flexibility index (Phi) is 11.3. The number of anilines is 2. The number of hydrogen-bond acceptors (Lipinski definition) is 8. The van der Waals surface area contributed by atoms with Gasteiger partial charge in [0, 0.05) is 41.5 Å². The van der Waals surface area contributed by atoms with Crippen molar-refractivity contribution in [2.75, 3.05) is 24.4 Å². The molecule has 47 heavy (non-hydrogen) atoms. The van der Waals surface area contributed by atoms with Crippen LogP contribution in [0.2, 0.25) is 0 Å². The van der Waals surface area contributed by atoms with Gasteiger partial charge in [0.2, 0.25) is 11.8 Å². The van der Waals surface area contributed by atoms with Crippen molar-refractivity contribution in [3.05, 3.63) is 78.5 Å². The number of carboxylic acid groups (broad SMARTS) is 1. The van der Waals surface area contributed by atoms with E-state index < -0.39 is 34.8 Å². The molecule has 2 amide bonds. The molecule has 1 saturated carbocycles. The summed E-state index contributed by atoms with van der Waals surface area (Å²) in [5, 5.41) is 14.6. The normalized spacial score (nSPS) is 12.8. The number of aliphatic carboxylic acids is 1. The van der Waals surface area contributed by atoms with Crippen molar-refractivity contribution in [3.63, 3.8) is 0 Å². The number of methoxy groups -OCH3 is 1. The van der Waals surface area contributed by atoms with Crippen molar-refractivity contribution in [1.82, 2.24) is 11.1 Å². The maximum Gasteiger partial charge on any atom is 0.303 e. The average Bonchev–Trinajstić information content (AvgIpc) is 3.85. The van der Waals surface area contributed by atoms with E-state index >= 15 is 4.39 Å². The molecule has 6 N–H and O–H groups in total. The summed E-state index contributed by atoms with van der Waals surface area (Å²) >= 11 is 0. The summed E-state index contributed by atoms with van der Waals surface area (Å²) in [7, 11) is 1.50. The summed E-state index contributed by atoms with van der Waals surface area (Å²) in [5.41, 5.74) is -0.238. The lowest BCUT2D eigenvalue weighted by molar-refractivity contribution is -0.137. The summed E-state index contributed by atoms with van der Waals surface area (Å²) in [6, 6.07) is 14.2. The molecule has 0 saturated heterocycles. The third-order valence-electron chi connectivity index (χ3n) is 7.66. The van der Waals surface area contributed by atoms with Crippen molar-refractivity contribution < 1.29 is 42.5 Å². The minimum absolute atomic E-state index is 0. The fraction of sp³-hybridized carbons (Fsp3) is 0.294. The number of halogens is 2. The van der Waals surface area contributed by atoms with Gasteiger partial charge in [0.15, 0.2) is 23.1 Å². The molecule has 1 aromatic heterocycles. The van der Waals surface area contributed by atoms with Crippen LogP contribution in [-0.4, -0.2) is 41.6 Å². The molecule has 3 aromatic carbocycles. The molecule has 0 aliphatic heterocycles. The molecular weight excluding hydrogens is 614 g/mol. The van der Waals surface area contributed by atoms with Crippen LogP contribution in [0.3, 0.4) is 0 Å². The van der Waals surface area contributed by atoms with E-state index in [4.69, 9.17) is 19.3 Å². The fourth-order valence-corrected chi connectivity index (χ4v) is 4.90. The van der Waals surface area contributed by atoms with Crippen LogP contribution in [0.15, 0.2) is 66.9 Å². The molecular formula is C34H36F2N4O7. The maximum absolute atomic E-state index is 15.2. The quantitative estimate of drug-likeness (QED) is 0.0764. The van der Waals surface area contributed by atoms with E-state index in [0.717, 1.165) is 25.3 Å². The summed E-state index contributed by atoms with van der Waals surface area (Å²) in [6.07, 6.45) is 5.34. The third kappa shape index (κ3) is 8.50. The Morgan fingerprint density at radius 2 is 1.51 bits per heavy atom. The monoisotopic (exact) mass is 650 g/mol. The molecule has 13 heteroatoms. The highest BCUT2D eigenvalue weighted by atomic mass is 19.1. The number of fused-ring (bicyclic) bond motifs is 1. The van der Waals surface area contributed by atoms with Gasteiger partial charge in [0.05, 0.1) is 19.2 Å². The number of ether oxygens (including phenoxy) is 3. The van der Waals surface area contributed by atoms with Crippen LogP contribution >= 0.6 is 0 Å². The van der Waals surface area contributed by atoms with Crippen LogP contribution in [0.25, 0.3) is 10.9 Å². The number of amides is 2. The average molecular weight is 651 g/mol. The zero-order valence-corrected chi connectivity index (χ0v) is 25.8. The number of benzene rings is 3. The summed E-state index contributed by atoms with van der Waals surface area (Å²) < 4.78 is 45.7. The van der Waals surface area contributed by atoms with Crippen LogP contribution in [0.1, 0.15) is 44.9 Å². The predicted octanol–water partition coefficient (Wildman–Crippen LogP) is 7.25. The molecule has 1 fully saturated rings. The topological polar surface area (TPSA) is 171 Å². The number of aromatic nitrogens is 1. The van der Waals surface area contributed by atoms with E-state index in [1.165, 1.54) is 49.7 Å². The van der Waals surface area contributed by atoms with Crippen LogP contribution < -0.4 is 31.0 Å². The number of carbonyl (C=O) groups is 3. The van der Waals surface area contributed by atoms with Gasteiger partial charge < -0.3 is 36.1 Å². The molecule has 0 spiro atoms. The smallest absolute Gasteiger partial charge is 0.303 e. The van der Waals surface area contributed by atoms with E-state index in [2.05, 4.69) is 15.6 Å². The number of pyridine rings is 1. The summed E-state index contributed by atoms with van der Waals surface area (Å²) in [5.74, 6) is -1.92. The molecule has 0 bridgehead atoms. The van der Waals surface area contributed by atoms with Crippen molar-refractivity contribution in [2.45, 2.75) is 44.9 Å². The van der Waals surface area contributed by atoms with Gasteiger partial charge in [-0.25, -0.2) is 8.78 Å². The Hall–Kier alpha value is -5.30. The van der Waals surface area contributed by atoms with Gasteiger partial charge in [-0.3, -0.25) is 19.4 Å². The van der Waals surface area contributed by atoms with Gasteiger partial charge in [-0.2, -0.15) is 0 Å². The molecule has 1 aliphatic carbocycles. The summed E-state index contributed by atoms with van der Waals surface area (Å²) in [6.45, 7) is 0.416. The molecule has 0 atom stereocenters. The lowest BCUT2D eigenvalue weighted by atomic mass is 10.0. The second kappa shape index (κ2) is 15.3. The molecule has 4 aromatic rings. The Balaban J connectivity index is 0.00000500. The van der Waals surface area contributed by atoms with Crippen molar-refractivity contribution >= 4 is 40.1 Å². The standard InChI is InChI=1S/C34H33F2N3O7.H3N/c1-44-29-19-24-26(20-30(29)45-17-5-3-2-4-6-31(40)41)37-16-13-27(24)46-28-12-11-23(18-25(28)36)39-33(43)34(14-15-34)32(42)38-22-9-7-21(35)8-10-22;/h7-13,16,18-20H,2-6,14-15,17H2,1H3,(H,38,42)(H,39,43)(H,40,41);1H3. The largest absolute Gasteiger partial charge is 0.493 e. The minimum Gasteiger partial charge on any atom is -0.493 e. The Labute approximate surface area is 269 Å². The number of carboxylic acids is 1. The molecule has 248 valence electrons. The van der Waals surface area contributed by atoms with Crippen LogP contribution in [0.5, 0.6) is 23.0 Å². The second-order valence-electron chi connectivity index (χ2n) is 11.0. The lowest BCUT2D eigenvalue weighted by Gasteiger charge is -2.16. The van der Waals surface area contributed by atoms with Crippen molar-refractivity contribution in [3.8, 4) is 23.0 Å². The number of nitrogens with zero attached hydrogens (tertiary/aromatic N) is 1. The molecule has 0 radical (unpaired) electrons. The number of carbonyl (C=O) groups excluding carboxylic acids is 2. The van der Waals surface area contributed by atoms with E-state index in [1.54, 1.807) is 18.2 Å². The van der Waals surface area contributed by atoms with Gasteiger partial charge in [0.25, 0.3) is 0 Å². The number of unbranched alkanes of at least 4 members (excludes halogenated alkanes) is 3. The lowest BCUT2D eigenvalue weighted by Crippen LogP contribution is -2.35. The first kappa shape index (κ1) is 34.6. The van der Waals surface area contributed by atoms with E-state index in [-0.39, 0.29) is 24.0 Å². The van der Waals surface area contributed by atoms with E-state index in [1.807, 2.05) is 0 Å². The summed E-state index contributed by atoms with van der Waals surface area (Å²) in [4.78, 5) is 40.9. The third-order valence-corrected chi connectivity index (χ3v) is 7.66. The Morgan fingerprint density at radius 1 is 0.830 bits per heavy atom. The molecule has 1 heterocycles. The van der Waals surface area contributed by atoms with Crippen LogP contribution in [0, 0.1) is 17.0 Å². The Bertz CT molecular complexity index is 1750. The first-order valence-electron chi connectivity index (χ1n) is 14.9. The molecule has 5 rings (SSSR count). The van der Waals surface area contributed by atoms with Crippen LogP contribution in [-0.2, 0) is 14.4 Å². The minimum atomic E-state index is -1.29. The highest BCUT2D eigenvalue weighted by Crippen LogP contribution is 2.47. The van der Waals surface area contributed by atoms with E-state index in [0.29, 0.717) is 59.7 Å². The molecule has 11 nitrogen and oxygen atoms in total. The number of hydrogen-bond donors (Lipinski definition) is 4. The fourth-order valence-electron chi connectivity index (χ4n) is 4.90. The van der Waals surface area contributed by atoms with Gasteiger partial charge >= 0.3 is 5.97 Å². The SMILES string of the molecule is COc1cc2c(Oc3ccc(NC(=O)C4(C(=O)Nc5ccc(F)cc5)CC4)cc3F)ccnc2cc1OCCCCCCC(=O)O.N. The van der Waals surface area contributed by atoms with Crippen molar-refractivity contribution in [1.29, 1.82) is 0 Å². The Morgan fingerprint density at radius 3 is 2.17 bits per heavy atom. The maximum atomic E-state index is 15.2. The van der Waals surface area contributed by atoms with E-state index in [9.17, 15) is 18.8 Å². The highest BCUT2D eigenvalue weighted by Gasteiger charge is 2.56. The molecule has 0 unspecified atom stereocenters. The predicted molar refractivity (Wildman–Crippen MR) is 171 cm³/mol. The van der Waals surface area contributed by atoms with Gasteiger partial charge in [-0.15, -0.1) is 0 Å². The second-order valence-corrected chi connectivity index (χ2v) is 11.0. The van der Waals surface area contributed by atoms with Crippen LogP contribution in [0.4, 0.5) is 20.2 Å². The van der Waals surface area contributed by atoms with Gasteiger partial charge in [-0.05, 0) is 74.2 Å². The first-order chi connectivity index (χ1) is 22.2. The van der Waals surface area contributed by atoms with Gasteiger partial charge in [0.1, 0.15) is 17.0 Å². The highest BCUT2D eigenvalue weighted by molar-refractivity contribution is 6.16. The number of nitrogens with one attached hydrogen (secondary N) is 2. The zero-order chi connectivity index (χ0) is 32.7. The zero-order valence-electron chi connectivity index (χ0n) is 25.8. The van der Waals surface area contributed by atoms with Crippen molar-refractivity contribution in [2.24, 2.45) is 5.41 Å². The van der Waals surface area contributed by atoms with Gasteiger partial charge in [-0.1, -0.05) is 12.8 Å².